The Morgan fingerprint density at radius 2 is 2.06 bits per heavy atom. The van der Waals surface area contributed by atoms with Gasteiger partial charge >= 0.3 is 0 Å². The average molecular weight is 212 g/mol. The molecule has 1 aliphatic rings. The second kappa shape index (κ2) is 3.80. The second-order valence-corrected chi connectivity index (χ2v) is 4.25. The Kier molecular flexibility index (Phi) is 2.29. The molecule has 2 heteroatoms. The lowest BCUT2D eigenvalue weighted by molar-refractivity contribution is 0.600. The topological polar surface area (TPSA) is 17.0 Å². The molecule has 1 unspecified atom stereocenters. The van der Waals surface area contributed by atoms with E-state index in [1.54, 1.807) is 0 Å². The van der Waals surface area contributed by atoms with Crippen LogP contribution in [-0.2, 0) is 0 Å². The van der Waals surface area contributed by atoms with E-state index in [4.69, 9.17) is 0 Å². The predicted octanol–water partition coefficient (Wildman–Crippen LogP) is 2.88. The predicted molar refractivity (Wildman–Crippen MR) is 65.9 cm³/mol. The minimum atomic E-state index is 0.367. The van der Waals surface area contributed by atoms with Crippen molar-refractivity contribution >= 4 is 0 Å². The highest BCUT2D eigenvalue weighted by atomic mass is 15.1. The first-order chi connectivity index (χ1) is 7.92. The van der Waals surface area contributed by atoms with E-state index in [1.807, 2.05) is 0 Å². The van der Waals surface area contributed by atoms with Gasteiger partial charge in [0.1, 0.15) is 0 Å². The smallest absolute Gasteiger partial charge is 0.0755 e. The Morgan fingerprint density at radius 3 is 2.94 bits per heavy atom. The molecule has 3 rings (SSSR count). The van der Waals surface area contributed by atoms with Gasteiger partial charge in [0.2, 0.25) is 0 Å². The molecule has 0 aliphatic carbocycles. The highest BCUT2D eigenvalue weighted by molar-refractivity contribution is 5.53. The van der Waals surface area contributed by atoms with Crippen LogP contribution in [0.25, 0.3) is 5.69 Å². The molecule has 0 saturated heterocycles. The maximum atomic E-state index is 3.61. The molecule has 0 radical (unpaired) electrons. The first kappa shape index (κ1) is 9.67. The molecular formula is C14H16N2. The number of rotatable bonds is 3. The second-order valence-electron chi connectivity index (χ2n) is 4.25. The van der Waals surface area contributed by atoms with Crippen molar-refractivity contribution in [2.45, 2.75) is 19.4 Å². The van der Waals surface area contributed by atoms with Crippen LogP contribution in [0.4, 0.5) is 0 Å². The Labute approximate surface area is 95.9 Å². The summed E-state index contributed by atoms with van der Waals surface area (Å²) in [6.45, 7) is 3.26. The van der Waals surface area contributed by atoms with Crippen LogP contribution >= 0.6 is 0 Å². The van der Waals surface area contributed by atoms with Crippen LogP contribution in [0, 0.1) is 0 Å². The van der Waals surface area contributed by atoms with Gasteiger partial charge in [-0.05, 0) is 36.7 Å². The molecule has 2 nitrogen and oxygen atoms in total. The zero-order valence-corrected chi connectivity index (χ0v) is 9.48. The van der Waals surface area contributed by atoms with Gasteiger partial charge in [-0.3, -0.25) is 0 Å². The van der Waals surface area contributed by atoms with E-state index in [1.165, 1.54) is 23.4 Å². The minimum Gasteiger partial charge on any atom is -0.319 e. The molecule has 0 amide bonds. The molecule has 1 aromatic carbocycles. The van der Waals surface area contributed by atoms with Crippen LogP contribution in [0.5, 0.6) is 0 Å². The molecule has 0 saturated carbocycles. The maximum absolute atomic E-state index is 3.61. The SMILES string of the molecule is CCCNC1c2ccccc2-n2cccc21. The molecule has 1 aliphatic heterocycles. The lowest BCUT2D eigenvalue weighted by atomic mass is 10.1. The first-order valence-corrected chi connectivity index (χ1v) is 5.91. The number of benzene rings is 1. The first-order valence-electron chi connectivity index (χ1n) is 5.91. The molecule has 0 fully saturated rings. The highest BCUT2D eigenvalue weighted by Gasteiger charge is 2.26. The van der Waals surface area contributed by atoms with E-state index < -0.39 is 0 Å². The number of nitrogens with zero attached hydrogens (tertiary/aromatic N) is 1. The number of fused-ring (bicyclic) bond motifs is 3. The lowest BCUT2D eigenvalue weighted by Crippen LogP contribution is -2.21. The van der Waals surface area contributed by atoms with Crippen LogP contribution in [0.3, 0.4) is 0 Å². The Bertz CT molecular complexity index is 499. The van der Waals surface area contributed by atoms with Crippen LogP contribution in [0.15, 0.2) is 42.6 Å². The number of aromatic nitrogens is 1. The fourth-order valence-corrected chi connectivity index (χ4v) is 2.46. The van der Waals surface area contributed by atoms with Gasteiger partial charge in [0.05, 0.1) is 11.7 Å². The quantitative estimate of drug-likeness (QED) is 0.827. The summed E-state index contributed by atoms with van der Waals surface area (Å²) in [5.74, 6) is 0. The van der Waals surface area contributed by atoms with Crippen LogP contribution in [0.1, 0.15) is 30.6 Å². The van der Waals surface area contributed by atoms with Crippen molar-refractivity contribution in [3.05, 3.63) is 53.9 Å². The Balaban J connectivity index is 2.06. The largest absolute Gasteiger partial charge is 0.319 e. The van der Waals surface area contributed by atoms with Gasteiger partial charge in [-0.15, -0.1) is 0 Å². The summed E-state index contributed by atoms with van der Waals surface area (Å²) in [4.78, 5) is 0. The minimum absolute atomic E-state index is 0.367. The van der Waals surface area contributed by atoms with Crippen molar-refractivity contribution in [1.29, 1.82) is 0 Å². The molecule has 82 valence electrons. The molecule has 1 atom stereocenters. The standard InChI is InChI=1S/C14H16N2/c1-2-9-15-14-11-6-3-4-7-12(11)16-10-5-8-13(14)16/h3-8,10,14-15H,2,9H2,1H3. The molecule has 2 aromatic rings. The number of hydrogen-bond acceptors (Lipinski definition) is 1. The summed E-state index contributed by atoms with van der Waals surface area (Å²) in [6.07, 6.45) is 3.31. The molecule has 2 heterocycles. The fraction of sp³-hybridized carbons (Fsp3) is 0.286. The van der Waals surface area contributed by atoms with Gasteiger partial charge in [0, 0.05) is 11.9 Å². The Hall–Kier alpha value is -1.54. The number of nitrogens with one attached hydrogen (secondary N) is 1. The third kappa shape index (κ3) is 1.30. The number of hydrogen-bond donors (Lipinski definition) is 1. The normalized spacial score (nSPS) is 17.2. The van der Waals surface area contributed by atoms with Gasteiger partial charge in [-0.1, -0.05) is 25.1 Å². The van der Waals surface area contributed by atoms with E-state index in [9.17, 15) is 0 Å². The third-order valence-electron chi connectivity index (χ3n) is 3.18. The maximum Gasteiger partial charge on any atom is 0.0755 e. The van der Waals surface area contributed by atoms with E-state index in [-0.39, 0.29) is 0 Å². The van der Waals surface area contributed by atoms with E-state index in [0.29, 0.717) is 6.04 Å². The molecular weight excluding hydrogens is 196 g/mol. The molecule has 0 bridgehead atoms. The van der Waals surface area contributed by atoms with E-state index in [0.717, 1.165) is 6.54 Å². The molecule has 0 spiro atoms. The van der Waals surface area contributed by atoms with Gasteiger partial charge in [-0.25, -0.2) is 0 Å². The summed E-state index contributed by atoms with van der Waals surface area (Å²) in [7, 11) is 0. The summed E-state index contributed by atoms with van der Waals surface area (Å²) >= 11 is 0. The van der Waals surface area contributed by atoms with E-state index in [2.05, 4.69) is 59.4 Å². The van der Waals surface area contributed by atoms with Gasteiger partial charge < -0.3 is 9.88 Å². The van der Waals surface area contributed by atoms with Crippen molar-refractivity contribution in [3.8, 4) is 5.69 Å². The fourth-order valence-electron chi connectivity index (χ4n) is 2.46. The van der Waals surface area contributed by atoms with Crippen molar-refractivity contribution in [2.75, 3.05) is 6.54 Å². The summed E-state index contributed by atoms with van der Waals surface area (Å²) in [5.41, 5.74) is 4.07. The summed E-state index contributed by atoms with van der Waals surface area (Å²) < 4.78 is 2.28. The van der Waals surface area contributed by atoms with Gasteiger partial charge in [-0.2, -0.15) is 0 Å². The van der Waals surface area contributed by atoms with Crippen molar-refractivity contribution in [1.82, 2.24) is 9.88 Å². The lowest BCUT2D eigenvalue weighted by Gasteiger charge is -2.12. The Morgan fingerprint density at radius 1 is 1.19 bits per heavy atom. The zero-order chi connectivity index (χ0) is 11.0. The van der Waals surface area contributed by atoms with Crippen molar-refractivity contribution < 1.29 is 0 Å². The van der Waals surface area contributed by atoms with Gasteiger partial charge in [0.25, 0.3) is 0 Å². The molecule has 1 N–H and O–H groups in total. The highest BCUT2D eigenvalue weighted by Crippen LogP contribution is 2.35. The molecule has 16 heavy (non-hydrogen) atoms. The van der Waals surface area contributed by atoms with Crippen molar-refractivity contribution in [3.63, 3.8) is 0 Å². The number of para-hydroxylation sites is 1. The summed E-state index contributed by atoms with van der Waals surface area (Å²) in [5, 5.41) is 3.61. The third-order valence-corrected chi connectivity index (χ3v) is 3.18. The average Bonchev–Trinajstić information content (AvgIpc) is 2.87. The van der Waals surface area contributed by atoms with E-state index >= 15 is 0 Å². The molecule has 1 aromatic heterocycles. The summed E-state index contributed by atoms with van der Waals surface area (Å²) in [6, 6.07) is 13.3. The van der Waals surface area contributed by atoms with Crippen LogP contribution in [-0.4, -0.2) is 11.1 Å². The van der Waals surface area contributed by atoms with Crippen LogP contribution < -0.4 is 5.32 Å². The van der Waals surface area contributed by atoms with Crippen LogP contribution in [0.2, 0.25) is 0 Å². The zero-order valence-electron chi connectivity index (χ0n) is 9.48. The van der Waals surface area contributed by atoms with Gasteiger partial charge in [0.15, 0.2) is 0 Å². The van der Waals surface area contributed by atoms with Crippen molar-refractivity contribution in [2.24, 2.45) is 0 Å². The monoisotopic (exact) mass is 212 g/mol.